The van der Waals surface area contributed by atoms with Crippen LogP contribution in [0.2, 0.25) is 0 Å². The number of anilines is 1. The Hall–Kier alpha value is -2.39. The summed E-state index contributed by atoms with van der Waals surface area (Å²) in [6, 6.07) is 6.39. The first-order chi connectivity index (χ1) is 12.3. The first-order valence-corrected chi connectivity index (χ1v) is 9.87. The molecule has 9 heteroatoms. The van der Waals surface area contributed by atoms with Gasteiger partial charge in [0.15, 0.2) is 6.10 Å². The van der Waals surface area contributed by atoms with E-state index in [4.69, 9.17) is 4.74 Å². The SMILES string of the molecule is Cc1cc(C)n(CCCNS(=O)(=O)c2ccc3c(c2)OC(C)C(=O)N3)n1. The molecule has 1 atom stereocenters. The molecule has 1 amide bonds. The molecule has 0 bridgehead atoms. The molecule has 0 spiro atoms. The number of rotatable bonds is 6. The van der Waals surface area contributed by atoms with Crippen LogP contribution in [0.3, 0.4) is 0 Å². The largest absolute Gasteiger partial charge is 0.479 e. The number of carbonyl (C=O) groups is 1. The van der Waals surface area contributed by atoms with Gasteiger partial charge in [-0.3, -0.25) is 9.48 Å². The van der Waals surface area contributed by atoms with Crippen molar-refractivity contribution >= 4 is 21.6 Å². The Morgan fingerprint density at radius 3 is 2.77 bits per heavy atom. The summed E-state index contributed by atoms with van der Waals surface area (Å²) in [5.41, 5.74) is 2.46. The number of carbonyl (C=O) groups excluding carboxylic acids is 1. The molecule has 0 aliphatic carbocycles. The molecule has 2 aromatic rings. The molecule has 0 fully saturated rings. The fraction of sp³-hybridized carbons (Fsp3) is 0.412. The van der Waals surface area contributed by atoms with Gasteiger partial charge in [0.25, 0.3) is 5.91 Å². The van der Waals surface area contributed by atoms with Crippen LogP contribution in [0.25, 0.3) is 0 Å². The minimum absolute atomic E-state index is 0.103. The van der Waals surface area contributed by atoms with Crippen LogP contribution in [-0.2, 0) is 21.4 Å². The van der Waals surface area contributed by atoms with E-state index in [0.717, 1.165) is 11.4 Å². The van der Waals surface area contributed by atoms with Gasteiger partial charge in [-0.2, -0.15) is 5.10 Å². The summed E-state index contributed by atoms with van der Waals surface area (Å²) in [6.07, 6.45) is -0.0374. The Balaban J connectivity index is 1.62. The zero-order valence-electron chi connectivity index (χ0n) is 14.9. The van der Waals surface area contributed by atoms with Crippen molar-refractivity contribution in [2.24, 2.45) is 0 Å². The number of hydrogen-bond donors (Lipinski definition) is 2. The van der Waals surface area contributed by atoms with Gasteiger partial charge in [-0.1, -0.05) is 0 Å². The number of amides is 1. The minimum atomic E-state index is -3.66. The molecule has 1 aromatic heterocycles. The summed E-state index contributed by atoms with van der Waals surface area (Å²) in [6.45, 7) is 6.44. The lowest BCUT2D eigenvalue weighted by molar-refractivity contribution is -0.122. The molecule has 2 heterocycles. The van der Waals surface area contributed by atoms with Crippen molar-refractivity contribution in [2.75, 3.05) is 11.9 Å². The number of aryl methyl sites for hydroxylation is 3. The van der Waals surface area contributed by atoms with Crippen LogP contribution in [0.5, 0.6) is 5.75 Å². The van der Waals surface area contributed by atoms with Crippen LogP contribution < -0.4 is 14.8 Å². The normalized spacial score (nSPS) is 16.7. The fourth-order valence-corrected chi connectivity index (χ4v) is 3.86. The molecule has 26 heavy (non-hydrogen) atoms. The van der Waals surface area contributed by atoms with Gasteiger partial charge < -0.3 is 10.1 Å². The Labute approximate surface area is 152 Å². The fourth-order valence-electron chi connectivity index (χ4n) is 2.77. The second-order valence-electron chi connectivity index (χ2n) is 6.31. The van der Waals surface area contributed by atoms with Gasteiger partial charge in [-0.25, -0.2) is 13.1 Å². The Morgan fingerprint density at radius 1 is 1.31 bits per heavy atom. The van der Waals surface area contributed by atoms with Gasteiger partial charge in [0, 0.05) is 24.8 Å². The molecular weight excluding hydrogens is 356 g/mol. The quantitative estimate of drug-likeness (QED) is 0.743. The Morgan fingerprint density at radius 2 is 2.08 bits per heavy atom. The van der Waals surface area contributed by atoms with Crippen LogP contribution in [0.1, 0.15) is 24.7 Å². The average Bonchev–Trinajstić information content (AvgIpc) is 2.90. The second-order valence-corrected chi connectivity index (χ2v) is 8.08. The highest BCUT2D eigenvalue weighted by molar-refractivity contribution is 7.89. The van der Waals surface area contributed by atoms with Gasteiger partial charge in [0.1, 0.15) is 5.75 Å². The van der Waals surface area contributed by atoms with Crippen molar-refractivity contribution in [3.63, 3.8) is 0 Å². The molecule has 0 saturated heterocycles. The molecule has 0 saturated carbocycles. The minimum Gasteiger partial charge on any atom is -0.479 e. The van der Waals surface area contributed by atoms with Crippen molar-refractivity contribution in [3.05, 3.63) is 35.7 Å². The molecular formula is C17H22N4O4S. The molecule has 140 valence electrons. The number of fused-ring (bicyclic) bond motifs is 1. The average molecular weight is 378 g/mol. The van der Waals surface area contributed by atoms with E-state index in [1.54, 1.807) is 6.92 Å². The van der Waals surface area contributed by atoms with Crippen LogP contribution in [0.15, 0.2) is 29.2 Å². The predicted octanol–water partition coefficient (Wildman–Crippen LogP) is 1.59. The van der Waals surface area contributed by atoms with E-state index in [0.29, 0.717) is 30.9 Å². The molecule has 1 aromatic carbocycles. The van der Waals surface area contributed by atoms with E-state index in [-0.39, 0.29) is 10.8 Å². The van der Waals surface area contributed by atoms with Crippen molar-refractivity contribution in [1.82, 2.24) is 14.5 Å². The lowest BCUT2D eigenvalue weighted by Crippen LogP contribution is -2.34. The highest BCUT2D eigenvalue weighted by Gasteiger charge is 2.25. The zero-order chi connectivity index (χ0) is 18.9. The van der Waals surface area contributed by atoms with Crippen LogP contribution in [0.4, 0.5) is 5.69 Å². The van der Waals surface area contributed by atoms with Gasteiger partial charge in [-0.05, 0) is 45.4 Å². The third-order valence-corrected chi connectivity index (χ3v) is 5.60. The molecule has 8 nitrogen and oxygen atoms in total. The molecule has 1 unspecified atom stereocenters. The van der Waals surface area contributed by atoms with Crippen molar-refractivity contribution < 1.29 is 17.9 Å². The first kappa shape index (κ1) is 18.4. The van der Waals surface area contributed by atoms with E-state index in [9.17, 15) is 13.2 Å². The van der Waals surface area contributed by atoms with Gasteiger partial charge in [0.05, 0.1) is 16.3 Å². The molecule has 1 aliphatic heterocycles. The highest BCUT2D eigenvalue weighted by Crippen LogP contribution is 2.31. The van der Waals surface area contributed by atoms with E-state index in [1.807, 2.05) is 24.6 Å². The maximum atomic E-state index is 12.5. The van der Waals surface area contributed by atoms with Crippen molar-refractivity contribution in [3.8, 4) is 5.75 Å². The molecule has 3 rings (SSSR count). The third-order valence-electron chi connectivity index (χ3n) is 4.14. The van der Waals surface area contributed by atoms with Gasteiger partial charge >= 0.3 is 0 Å². The van der Waals surface area contributed by atoms with Crippen LogP contribution in [0, 0.1) is 13.8 Å². The molecule has 0 radical (unpaired) electrons. The number of benzene rings is 1. The van der Waals surface area contributed by atoms with E-state index < -0.39 is 16.1 Å². The number of sulfonamides is 1. The molecule has 1 aliphatic rings. The predicted molar refractivity (Wildman–Crippen MR) is 96.7 cm³/mol. The lowest BCUT2D eigenvalue weighted by Gasteiger charge is -2.23. The van der Waals surface area contributed by atoms with Crippen LogP contribution >= 0.6 is 0 Å². The number of nitrogens with one attached hydrogen (secondary N) is 2. The highest BCUT2D eigenvalue weighted by atomic mass is 32.2. The van der Waals surface area contributed by atoms with E-state index in [2.05, 4.69) is 15.1 Å². The summed E-state index contributed by atoms with van der Waals surface area (Å²) < 4.78 is 34.9. The summed E-state index contributed by atoms with van der Waals surface area (Å²) in [5.74, 6) is 0.0954. The van der Waals surface area contributed by atoms with Crippen molar-refractivity contribution in [1.29, 1.82) is 0 Å². The maximum Gasteiger partial charge on any atom is 0.265 e. The maximum absolute atomic E-state index is 12.5. The van der Waals surface area contributed by atoms with Crippen molar-refractivity contribution in [2.45, 2.75) is 44.7 Å². The smallest absolute Gasteiger partial charge is 0.265 e. The number of hydrogen-bond acceptors (Lipinski definition) is 5. The Bertz CT molecular complexity index is 936. The topological polar surface area (TPSA) is 102 Å². The first-order valence-electron chi connectivity index (χ1n) is 8.38. The van der Waals surface area contributed by atoms with E-state index in [1.165, 1.54) is 18.2 Å². The summed E-state index contributed by atoms with van der Waals surface area (Å²) >= 11 is 0. The number of aromatic nitrogens is 2. The standard InChI is InChI=1S/C17H22N4O4S/c1-11-9-12(2)21(20-11)8-4-7-18-26(23,24)14-5-6-15-16(10-14)25-13(3)17(22)19-15/h5-6,9-10,13,18H,4,7-8H2,1-3H3,(H,19,22). The number of ether oxygens (including phenoxy) is 1. The summed E-state index contributed by atoms with van der Waals surface area (Å²) in [5, 5.41) is 7.03. The summed E-state index contributed by atoms with van der Waals surface area (Å²) in [7, 11) is -3.66. The molecule has 2 N–H and O–H groups in total. The zero-order valence-corrected chi connectivity index (χ0v) is 15.8. The van der Waals surface area contributed by atoms with Crippen LogP contribution in [-0.4, -0.2) is 36.8 Å². The lowest BCUT2D eigenvalue weighted by atomic mass is 10.2. The second kappa shape index (κ2) is 7.08. The number of nitrogens with zero attached hydrogens (tertiary/aromatic N) is 2. The summed E-state index contributed by atoms with van der Waals surface area (Å²) in [4.78, 5) is 11.7. The monoisotopic (exact) mass is 378 g/mol. The third kappa shape index (κ3) is 3.88. The Kier molecular flexibility index (Phi) is 5.01. The van der Waals surface area contributed by atoms with E-state index >= 15 is 0 Å². The van der Waals surface area contributed by atoms with Gasteiger partial charge in [-0.15, -0.1) is 0 Å². The van der Waals surface area contributed by atoms with Gasteiger partial charge in [0.2, 0.25) is 10.0 Å².